The van der Waals surface area contributed by atoms with Crippen LogP contribution in [0.4, 0.5) is 0 Å². The number of benzene rings is 2. The van der Waals surface area contributed by atoms with Gasteiger partial charge in [-0.2, -0.15) is 0 Å². The molecule has 38 heavy (non-hydrogen) atoms. The fourth-order valence-corrected chi connectivity index (χ4v) is 4.46. The largest absolute Gasteiger partial charge is 0.508 e. The van der Waals surface area contributed by atoms with Crippen LogP contribution >= 0.6 is 0 Å². The van der Waals surface area contributed by atoms with Crippen LogP contribution in [0, 0.1) is 5.92 Å². The monoisotopic (exact) mass is 524 g/mol. The number of nitrogens with zero attached hydrogens (tertiary/aromatic N) is 1. The lowest BCUT2D eigenvalue weighted by Crippen LogP contribution is -2.58. The summed E-state index contributed by atoms with van der Waals surface area (Å²) in [5.41, 5.74) is 7.48. The van der Waals surface area contributed by atoms with Crippen LogP contribution in [0.25, 0.3) is 0 Å². The van der Waals surface area contributed by atoms with E-state index in [-0.39, 0.29) is 24.5 Å². The first-order valence-electron chi connectivity index (χ1n) is 12.8. The van der Waals surface area contributed by atoms with E-state index >= 15 is 0 Å². The smallest absolute Gasteiger partial charge is 0.326 e. The Labute approximate surface area is 222 Å². The molecule has 3 amide bonds. The number of carbonyl (C=O) groups excluding carboxylic acids is 3. The van der Waals surface area contributed by atoms with Crippen molar-refractivity contribution in [1.82, 2.24) is 15.5 Å². The molecule has 3 rings (SSSR count). The highest BCUT2D eigenvalue weighted by molar-refractivity contribution is 5.94. The van der Waals surface area contributed by atoms with Crippen molar-refractivity contribution in [2.45, 2.75) is 63.7 Å². The van der Waals surface area contributed by atoms with Gasteiger partial charge in [-0.05, 0) is 42.0 Å². The van der Waals surface area contributed by atoms with Crippen molar-refractivity contribution in [2.24, 2.45) is 11.7 Å². The zero-order chi connectivity index (χ0) is 27.8. The van der Waals surface area contributed by atoms with Gasteiger partial charge in [0.05, 0.1) is 6.04 Å². The zero-order valence-electron chi connectivity index (χ0n) is 21.7. The molecule has 6 N–H and O–H groups in total. The Morgan fingerprint density at radius 2 is 1.55 bits per heavy atom. The number of aromatic hydroxyl groups is 1. The molecule has 2 aromatic rings. The molecule has 0 aromatic heterocycles. The molecule has 4 atom stereocenters. The first kappa shape index (κ1) is 28.6. The lowest BCUT2D eigenvalue weighted by atomic mass is 10.0. The highest BCUT2D eigenvalue weighted by Crippen LogP contribution is 2.21. The second-order valence-corrected chi connectivity index (χ2v) is 9.98. The van der Waals surface area contributed by atoms with E-state index in [1.54, 1.807) is 12.1 Å². The molecule has 0 aliphatic carbocycles. The fourth-order valence-electron chi connectivity index (χ4n) is 4.46. The Morgan fingerprint density at radius 1 is 0.947 bits per heavy atom. The van der Waals surface area contributed by atoms with Crippen molar-refractivity contribution in [1.29, 1.82) is 0 Å². The number of hydrogen-bond donors (Lipinski definition) is 5. The van der Waals surface area contributed by atoms with E-state index in [0.29, 0.717) is 24.9 Å². The third-order valence-corrected chi connectivity index (χ3v) is 6.75. The predicted octanol–water partition coefficient (Wildman–Crippen LogP) is 1.21. The van der Waals surface area contributed by atoms with Gasteiger partial charge in [-0.1, -0.05) is 56.3 Å². The van der Waals surface area contributed by atoms with Crippen LogP contribution in [0.15, 0.2) is 54.6 Å². The SMILES string of the molecule is CC(C)[C@@H](N)C(=O)N[C@@H](Cc1ccccc1)C(=O)N1CCC[C@H]1C(=O)N[C@@H](Cc1ccc(O)cc1)C(=O)O. The number of nitrogens with two attached hydrogens (primary N) is 1. The van der Waals surface area contributed by atoms with Gasteiger partial charge in [0, 0.05) is 19.4 Å². The minimum absolute atomic E-state index is 0.0157. The first-order chi connectivity index (χ1) is 18.1. The van der Waals surface area contributed by atoms with Gasteiger partial charge in [-0.25, -0.2) is 4.79 Å². The second-order valence-electron chi connectivity index (χ2n) is 9.98. The van der Waals surface area contributed by atoms with Crippen molar-refractivity contribution >= 4 is 23.7 Å². The molecule has 204 valence electrons. The van der Waals surface area contributed by atoms with Gasteiger partial charge in [0.15, 0.2) is 0 Å². The number of amides is 3. The standard InChI is InChI=1S/C28H36N4O6/c1-17(2)24(29)26(35)30-21(15-18-7-4-3-5-8-18)27(36)32-14-6-9-23(32)25(34)31-22(28(37)38)16-19-10-12-20(33)13-11-19/h3-5,7-8,10-13,17,21-24,33H,6,9,14-16,29H2,1-2H3,(H,30,35)(H,31,34)(H,37,38)/t21-,22-,23-,24+/m0/s1. The van der Waals surface area contributed by atoms with Crippen LogP contribution < -0.4 is 16.4 Å². The number of aliphatic carboxylic acids is 1. The quantitative estimate of drug-likeness (QED) is 0.295. The molecule has 1 saturated heterocycles. The molecule has 10 heteroatoms. The van der Waals surface area contributed by atoms with E-state index in [1.165, 1.54) is 17.0 Å². The number of likely N-dealkylation sites (tertiary alicyclic amines) is 1. The van der Waals surface area contributed by atoms with Gasteiger partial charge in [0.1, 0.15) is 23.9 Å². The van der Waals surface area contributed by atoms with Gasteiger partial charge in [0.25, 0.3) is 0 Å². The molecule has 0 radical (unpaired) electrons. The van der Waals surface area contributed by atoms with E-state index < -0.39 is 47.9 Å². The molecule has 1 heterocycles. The highest BCUT2D eigenvalue weighted by Gasteiger charge is 2.39. The van der Waals surface area contributed by atoms with Crippen molar-refractivity contribution in [2.75, 3.05) is 6.54 Å². The molecule has 0 spiro atoms. The third kappa shape index (κ3) is 7.55. The Balaban J connectivity index is 1.76. The predicted molar refractivity (Wildman–Crippen MR) is 141 cm³/mol. The average molecular weight is 525 g/mol. The van der Waals surface area contributed by atoms with Crippen LogP contribution in [0.3, 0.4) is 0 Å². The minimum atomic E-state index is -1.21. The summed E-state index contributed by atoms with van der Waals surface area (Å²) in [7, 11) is 0. The molecule has 1 aliphatic heterocycles. The molecular weight excluding hydrogens is 488 g/mol. The number of nitrogens with one attached hydrogen (secondary N) is 2. The van der Waals surface area contributed by atoms with Gasteiger partial charge < -0.3 is 31.5 Å². The molecular formula is C28H36N4O6. The molecule has 0 bridgehead atoms. The number of phenols is 1. The van der Waals surface area contributed by atoms with Crippen LogP contribution in [-0.4, -0.2) is 69.5 Å². The summed E-state index contributed by atoms with van der Waals surface area (Å²) in [6.45, 7) is 3.94. The summed E-state index contributed by atoms with van der Waals surface area (Å²) in [6, 6.07) is 11.5. The summed E-state index contributed by atoms with van der Waals surface area (Å²) in [6.07, 6.45) is 1.18. The Bertz CT molecular complexity index is 1120. The number of carboxylic acid groups (broad SMARTS) is 1. The maximum Gasteiger partial charge on any atom is 0.326 e. The van der Waals surface area contributed by atoms with Gasteiger partial charge >= 0.3 is 5.97 Å². The van der Waals surface area contributed by atoms with Crippen molar-refractivity contribution in [3.8, 4) is 5.75 Å². The first-order valence-corrected chi connectivity index (χ1v) is 12.8. The van der Waals surface area contributed by atoms with Gasteiger partial charge in [-0.3, -0.25) is 14.4 Å². The maximum absolute atomic E-state index is 13.7. The van der Waals surface area contributed by atoms with Crippen molar-refractivity contribution in [3.05, 3.63) is 65.7 Å². The fraction of sp³-hybridized carbons (Fsp3) is 0.429. The summed E-state index contributed by atoms with van der Waals surface area (Å²) >= 11 is 0. The second kappa shape index (κ2) is 13.0. The summed E-state index contributed by atoms with van der Waals surface area (Å²) in [5.74, 6) is -2.72. The number of carbonyl (C=O) groups is 4. The van der Waals surface area contributed by atoms with E-state index in [9.17, 15) is 29.4 Å². The van der Waals surface area contributed by atoms with E-state index in [2.05, 4.69) is 10.6 Å². The van der Waals surface area contributed by atoms with Crippen LogP contribution in [0.1, 0.15) is 37.8 Å². The summed E-state index contributed by atoms with van der Waals surface area (Å²) < 4.78 is 0. The van der Waals surface area contributed by atoms with Gasteiger partial charge in [-0.15, -0.1) is 0 Å². The number of rotatable bonds is 11. The Kier molecular flexibility index (Phi) is 9.84. The van der Waals surface area contributed by atoms with Crippen LogP contribution in [0.5, 0.6) is 5.75 Å². The molecule has 0 unspecified atom stereocenters. The third-order valence-electron chi connectivity index (χ3n) is 6.75. The molecule has 2 aromatic carbocycles. The van der Waals surface area contributed by atoms with Crippen molar-refractivity contribution < 1.29 is 29.4 Å². The Hall–Kier alpha value is -3.92. The highest BCUT2D eigenvalue weighted by atomic mass is 16.4. The van der Waals surface area contributed by atoms with E-state index in [4.69, 9.17) is 5.73 Å². The number of carboxylic acids is 1. The van der Waals surface area contributed by atoms with E-state index in [1.807, 2.05) is 44.2 Å². The summed E-state index contributed by atoms with van der Waals surface area (Å²) in [4.78, 5) is 53.0. The topological polar surface area (TPSA) is 162 Å². The summed E-state index contributed by atoms with van der Waals surface area (Å²) in [5, 5.41) is 24.5. The average Bonchev–Trinajstić information content (AvgIpc) is 3.39. The number of phenolic OH excluding ortho intramolecular Hbond substituents is 1. The normalized spacial score (nSPS) is 17.5. The number of hydrogen-bond acceptors (Lipinski definition) is 6. The van der Waals surface area contributed by atoms with Gasteiger partial charge in [0.2, 0.25) is 17.7 Å². The molecule has 1 aliphatic rings. The lowest BCUT2D eigenvalue weighted by molar-refractivity contribution is -0.145. The van der Waals surface area contributed by atoms with Crippen LogP contribution in [0.2, 0.25) is 0 Å². The van der Waals surface area contributed by atoms with Crippen LogP contribution in [-0.2, 0) is 32.0 Å². The minimum Gasteiger partial charge on any atom is -0.508 e. The molecule has 10 nitrogen and oxygen atoms in total. The molecule has 1 fully saturated rings. The Morgan fingerprint density at radius 3 is 2.16 bits per heavy atom. The zero-order valence-corrected chi connectivity index (χ0v) is 21.7. The lowest BCUT2D eigenvalue weighted by Gasteiger charge is -2.30. The van der Waals surface area contributed by atoms with Crippen molar-refractivity contribution in [3.63, 3.8) is 0 Å². The maximum atomic E-state index is 13.7. The van der Waals surface area contributed by atoms with E-state index in [0.717, 1.165) is 5.56 Å². The molecule has 0 saturated carbocycles.